The van der Waals surface area contributed by atoms with Crippen LogP contribution in [0, 0.1) is 0 Å². The normalized spacial score (nSPS) is 17.1. The van der Waals surface area contributed by atoms with E-state index in [1.54, 1.807) is 0 Å². The number of ether oxygens (including phenoxy) is 1. The lowest BCUT2D eigenvalue weighted by Gasteiger charge is -2.17. The molecule has 5 nitrogen and oxygen atoms in total. The van der Waals surface area contributed by atoms with Gasteiger partial charge in [-0.15, -0.1) is 0 Å². The number of hydrogen-bond donors (Lipinski definition) is 0. The van der Waals surface area contributed by atoms with Crippen LogP contribution < -0.4 is 4.74 Å². The maximum atomic E-state index is 12.4. The van der Waals surface area contributed by atoms with Crippen LogP contribution in [0.3, 0.4) is 0 Å². The predicted molar refractivity (Wildman–Crippen MR) is 64.5 cm³/mol. The third kappa shape index (κ3) is 2.48. The highest BCUT2D eigenvalue weighted by atomic mass is 32.2. The van der Waals surface area contributed by atoms with Crippen molar-refractivity contribution in [3.63, 3.8) is 0 Å². The molecule has 1 unspecified atom stereocenters. The molecule has 0 aromatic heterocycles. The summed E-state index contributed by atoms with van der Waals surface area (Å²) in [6.07, 6.45) is 0. The van der Waals surface area contributed by atoms with Crippen LogP contribution in [0.2, 0.25) is 0 Å². The van der Waals surface area contributed by atoms with E-state index in [0.717, 1.165) is 4.90 Å². The van der Waals surface area contributed by atoms with Crippen molar-refractivity contribution in [1.82, 2.24) is 4.90 Å². The van der Waals surface area contributed by atoms with Crippen LogP contribution in [0.1, 0.15) is 12.5 Å². The first-order valence-corrected chi connectivity index (χ1v) is 6.35. The van der Waals surface area contributed by atoms with Crippen molar-refractivity contribution >= 4 is 22.7 Å². The van der Waals surface area contributed by atoms with Crippen LogP contribution in [0.25, 0.3) is 0 Å². The van der Waals surface area contributed by atoms with Gasteiger partial charge in [-0.3, -0.25) is 9.69 Å². The van der Waals surface area contributed by atoms with E-state index in [9.17, 15) is 17.8 Å². The van der Waals surface area contributed by atoms with E-state index in [0.29, 0.717) is 0 Å². The van der Waals surface area contributed by atoms with Gasteiger partial charge in [-0.2, -0.15) is 13.2 Å². The van der Waals surface area contributed by atoms with Crippen LogP contribution in [-0.4, -0.2) is 34.5 Å². The molecule has 0 aliphatic carbocycles. The summed E-state index contributed by atoms with van der Waals surface area (Å²) < 4.78 is 44.7. The van der Waals surface area contributed by atoms with Gasteiger partial charge in [0.25, 0.3) is 0 Å². The maximum Gasteiger partial charge on any atom is 0.387 e. The van der Waals surface area contributed by atoms with Crippen molar-refractivity contribution < 1.29 is 22.5 Å². The molecule has 1 aromatic carbocycles. The van der Waals surface area contributed by atoms with Crippen molar-refractivity contribution in [1.29, 1.82) is 0 Å². The Morgan fingerprint density at radius 1 is 1.47 bits per heavy atom. The molecule has 0 bridgehead atoms. The lowest BCUT2D eigenvalue weighted by Crippen LogP contribution is -2.31. The van der Waals surface area contributed by atoms with E-state index >= 15 is 0 Å². The van der Waals surface area contributed by atoms with E-state index in [1.165, 1.54) is 32.2 Å². The average Bonchev–Trinajstić information content (AvgIpc) is 2.66. The first-order valence-electron chi connectivity index (χ1n) is 5.25. The number of amidine groups is 1. The van der Waals surface area contributed by atoms with Gasteiger partial charge in [0, 0.05) is 14.0 Å². The summed E-state index contributed by atoms with van der Waals surface area (Å²) in [5, 5.41) is 0. The number of carbonyl (C=O) groups is 1. The molecule has 0 saturated carbocycles. The van der Waals surface area contributed by atoms with Crippen molar-refractivity contribution in [3.05, 3.63) is 23.8 Å². The Kier molecular flexibility index (Phi) is 3.61. The molecule has 2 rings (SSSR count). The minimum atomic E-state index is -3.01. The Labute approximate surface area is 110 Å². The van der Waals surface area contributed by atoms with Crippen molar-refractivity contribution in [3.8, 4) is 5.75 Å². The van der Waals surface area contributed by atoms with Gasteiger partial charge in [0.1, 0.15) is 5.75 Å². The number of halogens is 2. The molecule has 0 saturated heterocycles. The summed E-state index contributed by atoms with van der Waals surface area (Å²) in [7, 11) is -0.298. The maximum absolute atomic E-state index is 12.4. The van der Waals surface area contributed by atoms with E-state index in [-0.39, 0.29) is 28.0 Å². The Balaban J connectivity index is 2.53. The number of nitrogens with zero attached hydrogens (tertiary/aromatic N) is 2. The Morgan fingerprint density at radius 2 is 2.16 bits per heavy atom. The molecule has 1 atom stereocenters. The quantitative estimate of drug-likeness (QED) is 0.829. The molecule has 8 heteroatoms. The molecule has 0 N–H and O–H groups in total. The number of benzene rings is 1. The van der Waals surface area contributed by atoms with Gasteiger partial charge in [-0.05, 0) is 12.1 Å². The second-order valence-corrected chi connectivity index (χ2v) is 4.87. The first kappa shape index (κ1) is 13.6. The lowest BCUT2D eigenvalue weighted by atomic mass is 10.1. The van der Waals surface area contributed by atoms with Crippen molar-refractivity contribution in [2.24, 2.45) is 4.40 Å². The number of rotatable bonds is 2. The van der Waals surface area contributed by atoms with Gasteiger partial charge < -0.3 is 4.74 Å². The Bertz CT molecular complexity index is 589. The molecule has 102 valence electrons. The Morgan fingerprint density at radius 3 is 2.74 bits per heavy atom. The summed E-state index contributed by atoms with van der Waals surface area (Å²) in [5.41, 5.74) is 0.166. The van der Waals surface area contributed by atoms with Crippen LogP contribution in [0.15, 0.2) is 27.5 Å². The number of carbonyl (C=O) groups excluding carboxylic acids is 1. The van der Waals surface area contributed by atoms with E-state index < -0.39 is 17.6 Å². The van der Waals surface area contributed by atoms with Gasteiger partial charge in [-0.1, -0.05) is 6.07 Å². The van der Waals surface area contributed by atoms with E-state index in [4.69, 9.17) is 0 Å². The topological polar surface area (TPSA) is 59.0 Å². The third-order valence-corrected chi connectivity index (χ3v) is 3.63. The number of fused-ring (bicyclic) bond motifs is 1. The molecule has 1 aliphatic rings. The fraction of sp³-hybridized carbons (Fsp3) is 0.273. The third-order valence-electron chi connectivity index (χ3n) is 2.58. The van der Waals surface area contributed by atoms with Crippen molar-refractivity contribution in [2.75, 3.05) is 7.05 Å². The molecule has 0 spiro atoms. The van der Waals surface area contributed by atoms with Gasteiger partial charge in [0.2, 0.25) is 5.91 Å². The largest absolute Gasteiger partial charge is 0.434 e. The van der Waals surface area contributed by atoms with Crippen LogP contribution in [-0.2, 0) is 15.8 Å². The van der Waals surface area contributed by atoms with E-state index in [2.05, 4.69) is 9.13 Å². The minimum absolute atomic E-state index is 0.0667. The molecule has 1 heterocycles. The summed E-state index contributed by atoms with van der Waals surface area (Å²) in [5.74, 6) is -0.433. The lowest BCUT2D eigenvalue weighted by molar-refractivity contribution is -0.124. The first-order chi connectivity index (χ1) is 8.91. The predicted octanol–water partition coefficient (Wildman–Crippen LogP) is 1.55. The summed E-state index contributed by atoms with van der Waals surface area (Å²) in [6, 6.07) is 4.26. The molecule has 1 aliphatic heterocycles. The zero-order valence-corrected chi connectivity index (χ0v) is 10.9. The fourth-order valence-electron chi connectivity index (χ4n) is 1.62. The molecular formula is C11H10F2N2O3S. The summed E-state index contributed by atoms with van der Waals surface area (Å²) in [4.78, 5) is 12.7. The van der Waals surface area contributed by atoms with Crippen LogP contribution in [0.4, 0.5) is 8.78 Å². The van der Waals surface area contributed by atoms with Gasteiger partial charge in [0.05, 0.1) is 10.5 Å². The molecule has 19 heavy (non-hydrogen) atoms. The molecule has 1 aromatic rings. The molecule has 1 amide bonds. The standard InChI is InChI=1S/C11H10F2N2O3S/c1-6(16)15(2)10-9-7(18-11(12)13)4-3-5-8(9)19(17)14-10/h3-5,11H,1-2H3. The smallest absolute Gasteiger partial charge is 0.387 e. The average molecular weight is 288 g/mol. The molecular weight excluding hydrogens is 278 g/mol. The summed E-state index contributed by atoms with van der Waals surface area (Å²) in [6.45, 7) is -1.72. The summed E-state index contributed by atoms with van der Waals surface area (Å²) >= 11 is 0. The monoisotopic (exact) mass is 288 g/mol. The van der Waals surface area contributed by atoms with Gasteiger partial charge in [0.15, 0.2) is 16.8 Å². The SMILES string of the molecule is CC(=O)N(C)C1=NS(=O)c2cccc(OC(F)F)c21. The van der Waals surface area contributed by atoms with E-state index in [1.807, 2.05) is 0 Å². The zero-order chi connectivity index (χ0) is 14.2. The van der Waals surface area contributed by atoms with Gasteiger partial charge in [-0.25, -0.2) is 4.21 Å². The van der Waals surface area contributed by atoms with Crippen LogP contribution in [0.5, 0.6) is 5.75 Å². The zero-order valence-electron chi connectivity index (χ0n) is 10.1. The number of hydrogen-bond acceptors (Lipinski definition) is 3. The highest BCUT2D eigenvalue weighted by molar-refractivity contribution is 7.84. The molecule has 0 fully saturated rings. The van der Waals surface area contributed by atoms with Crippen LogP contribution >= 0.6 is 0 Å². The second kappa shape index (κ2) is 5.04. The molecule has 0 radical (unpaired) electrons. The number of alkyl halides is 2. The highest BCUT2D eigenvalue weighted by Gasteiger charge is 2.30. The van der Waals surface area contributed by atoms with Gasteiger partial charge >= 0.3 is 6.61 Å². The fourth-order valence-corrected chi connectivity index (χ4v) is 2.65. The second-order valence-electron chi connectivity index (χ2n) is 3.75. The number of amides is 1. The Hall–Kier alpha value is -1.83. The highest BCUT2D eigenvalue weighted by Crippen LogP contribution is 2.33. The minimum Gasteiger partial charge on any atom is -0.434 e. The van der Waals surface area contributed by atoms with Crippen molar-refractivity contribution in [2.45, 2.75) is 18.4 Å².